The summed E-state index contributed by atoms with van der Waals surface area (Å²) in [6.45, 7) is 1.42. The highest BCUT2D eigenvalue weighted by atomic mass is 32.1. The predicted octanol–water partition coefficient (Wildman–Crippen LogP) is 3.36. The van der Waals surface area contributed by atoms with Gasteiger partial charge in [-0.05, 0) is 40.9 Å². The molecule has 0 saturated carbocycles. The largest absolute Gasteiger partial charge is 0.342 e. The Bertz CT molecular complexity index is 814. The van der Waals surface area contributed by atoms with Crippen LogP contribution in [0.3, 0.4) is 0 Å². The lowest BCUT2D eigenvalue weighted by atomic mass is 10.1. The molecule has 0 aliphatic carbocycles. The maximum absolute atomic E-state index is 12.4. The summed E-state index contributed by atoms with van der Waals surface area (Å²) in [6, 6.07) is 11.7. The molecule has 1 aliphatic rings. The summed E-state index contributed by atoms with van der Waals surface area (Å²) in [5.41, 5.74) is 2.00. The van der Waals surface area contributed by atoms with E-state index < -0.39 is 0 Å². The second kappa shape index (κ2) is 6.57. The number of amides is 1. The quantitative estimate of drug-likeness (QED) is 0.731. The number of nitrogens with zero attached hydrogens (tertiary/aromatic N) is 3. The average Bonchev–Trinajstić information content (AvgIpc) is 3.36. The number of benzene rings is 1. The first-order valence-corrected chi connectivity index (χ1v) is 8.92. The van der Waals surface area contributed by atoms with Gasteiger partial charge >= 0.3 is 0 Å². The van der Waals surface area contributed by atoms with Gasteiger partial charge in [0.1, 0.15) is 0 Å². The van der Waals surface area contributed by atoms with Crippen LogP contribution >= 0.6 is 11.3 Å². The van der Waals surface area contributed by atoms with E-state index in [0.29, 0.717) is 24.7 Å². The number of aromatic nitrogens is 2. The van der Waals surface area contributed by atoms with Crippen LogP contribution in [0.5, 0.6) is 0 Å². The van der Waals surface area contributed by atoms with Crippen LogP contribution in [0, 0.1) is 0 Å². The zero-order chi connectivity index (χ0) is 16.4. The van der Waals surface area contributed by atoms with Gasteiger partial charge in [0.2, 0.25) is 5.91 Å². The van der Waals surface area contributed by atoms with Crippen molar-refractivity contribution < 1.29 is 9.32 Å². The van der Waals surface area contributed by atoms with Gasteiger partial charge in [0.25, 0.3) is 5.89 Å². The minimum absolute atomic E-state index is 0.151. The van der Waals surface area contributed by atoms with E-state index in [9.17, 15) is 4.79 Å². The molecule has 1 atom stereocenters. The Morgan fingerprint density at radius 3 is 2.96 bits per heavy atom. The van der Waals surface area contributed by atoms with Crippen LogP contribution in [-0.2, 0) is 11.2 Å². The van der Waals surface area contributed by atoms with Gasteiger partial charge in [-0.15, -0.1) is 0 Å². The minimum Gasteiger partial charge on any atom is -0.342 e. The zero-order valence-electron chi connectivity index (χ0n) is 13.1. The number of hydrogen-bond acceptors (Lipinski definition) is 5. The highest BCUT2D eigenvalue weighted by molar-refractivity contribution is 7.08. The van der Waals surface area contributed by atoms with Gasteiger partial charge in [-0.1, -0.05) is 23.4 Å². The van der Waals surface area contributed by atoms with E-state index in [2.05, 4.69) is 10.1 Å². The highest BCUT2D eigenvalue weighted by Crippen LogP contribution is 2.27. The lowest BCUT2D eigenvalue weighted by molar-refractivity contribution is -0.129. The van der Waals surface area contributed by atoms with Gasteiger partial charge in [0.15, 0.2) is 5.82 Å². The summed E-state index contributed by atoms with van der Waals surface area (Å²) in [5.74, 6) is 1.55. The van der Waals surface area contributed by atoms with Crippen LogP contribution in [0.1, 0.15) is 23.7 Å². The number of thiophene rings is 1. The lowest BCUT2D eigenvalue weighted by Gasteiger charge is -2.15. The average molecular weight is 339 g/mol. The number of rotatable bonds is 4. The van der Waals surface area contributed by atoms with Gasteiger partial charge in [-0.2, -0.15) is 16.3 Å². The van der Waals surface area contributed by atoms with Crippen LogP contribution in [-0.4, -0.2) is 34.0 Å². The first-order chi connectivity index (χ1) is 11.8. The molecule has 1 aliphatic heterocycles. The third kappa shape index (κ3) is 3.10. The van der Waals surface area contributed by atoms with Crippen molar-refractivity contribution in [2.75, 3.05) is 13.1 Å². The van der Waals surface area contributed by atoms with E-state index >= 15 is 0 Å². The van der Waals surface area contributed by atoms with Crippen LogP contribution in [0.4, 0.5) is 0 Å². The molecule has 0 radical (unpaired) electrons. The van der Waals surface area contributed by atoms with Crippen molar-refractivity contribution in [3.05, 3.63) is 58.5 Å². The molecule has 6 heteroatoms. The summed E-state index contributed by atoms with van der Waals surface area (Å²) in [5, 5.41) is 8.15. The molecule has 0 bridgehead atoms. The molecule has 0 unspecified atom stereocenters. The van der Waals surface area contributed by atoms with E-state index in [-0.39, 0.29) is 11.8 Å². The van der Waals surface area contributed by atoms with Crippen LogP contribution in [0.25, 0.3) is 11.5 Å². The summed E-state index contributed by atoms with van der Waals surface area (Å²) < 4.78 is 5.38. The van der Waals surface area contributed by atoms with E-state index in [1.165, 1.54) is 0 Å². The number of carbonyl (C=O) groups excluding carboxylic acids is 1. The van der Waals surface area contributed by atoms with Crippen molar-refractivity contribution in [2.45, 2.75) is 18.8 Å². The SMILES string of the molecule is O=C(Cc1ccsc1)N1CC[C@@H](c2noc(-c3ccccc3)n2)C1. The van der Waals surface area contributed by atoms with Crippen molar-refractivity contribution in [3.63, 3.8) is 0 Å². The Labute approximate surface area is 143 Å². The maximum Gasteiger partial charge on any atom is 0.257 e. The third-order valence-corrected chi connectivity index (χ3v) is 5.04. The fourth-order valence-electron chi connectivity index (χ4n) is 2.98. The summed E-state index contributed by atoms with van der Waals surface area (Å²) in [7, 11) is 0. The Morgan fingerprint density at radius 2 is 2.17 bits per heavy atom. The smallest absolute Gasteiger partial charge is 0.257 e. The highest BCUT2D eigenvalue weighted by Gasteiger charge is 2.30. The topological polar surface area (TPSA) is 59.2 Å². The Balaban J connectivity index is 1.42. The molecule has 24 heavy (non-hydrogen) atoms. The zero-order valence-corrected chi connectivity index (χ0v) is 13.9. The van der Waals surface area contributed by atoms with E-state index in [0.717, 1.165) is 24.1 Å². The van der Waals surface area contributed by atoms with E-state index in [1.54, 1.807) is 11.3 Å². The van der Waals surface area contributed by atoms with Crippen molar-refractivity contribution in [1.29, 1.82) is 0 Å². The van der Waals surface area contributed by atoms with E-state index in [4.69, 9.17) is 4.52 Å². The van der Waals surface area contributed by atoms with Crippen molar-refractivity contribution >= 4 is 17.2 Å². The summed E-state index contributed by atoms with van der Waals surface area (Å²) in [6.07, 6.45) is 1.35. The molecule has 3 heterocycles. The van der Waals surface area contributed by atoms with Crippen LogP contribution < -0.4 is 0 Å². The normalized spacial score (nSPS) is 17.3. The first-order valence-electron chi connectivity index (χ1n) is 7.97. The molecule has 1 fully saturated rings. The second-order valence-corrected chi connectivity index (χ2v) is 6.74. The Kier molecular flexibility index (Phi) is 4.13. The molecule has 5 nitrogen and oxygen atoms in total. The Morgan fingerprint density at radius 1 is 1.29 bits per heavy atom. The number of carbonyl (C=O) groups is 1. The van der Waals surface area contributed by atoms with E-state index in [1.807, 2.05) is 52.1 Å². The predicted molar refractivity (Wildman–Crippen MR) is 91.7 cm³/mol. The molecule has 1 aromatic carbocycles. The summed E-state index contributed by atoms with van der Waals surface area (Å²) >= 11 is 1.62. The van der Waals surface area contributed by atoms with Gasteiger partial charge in [0.05, 0.1) is 6.42 Å². The molecule has 1 amide bonds. The fourth-order valence-corrected chi connectivity index (χ4v) is 3.64. The Hall–Kier alpha value is -2.47. The van der Waals surface area contributed by atoms with Crippen molar-refractivity contribution in [1.82, 2.24) is 15.0 Å². The van der Waals surface area contributed by atoms with Gasteiger partial charge in [-0.25, -0.2) is 0 Å². The van der Waals surface area contributed by atoms with Crippen molar-refractivity contribution in [3.8, 4) is 11.5 Å². The number of hydrogen-bond donors (Lipinski definition) is 0. The molecule has 0 spiro atoms. The molecular weight excluding hydrogens is 322 g/mol. The third-order valence-electron chi connectivity index (χ3n) is 4.30. The van der Waals surface area contributed by atoms with Gasteiger partial charge in [-0.3, -0.25) is 4.79 Å². The maximum atomic E-state index is 12.4. The monoisotopic (exact) mass is 339 g/mol. The second-order valence-electron chi connectivity index (χ2n) is 5.96. The lowest BCUT2D eigenvalue weighted by Crippen LogP contribution is -2.29. The van der Waals surface area contributed by atoms with Crippen molar-refractivity contribution in [2.24, 2.45) is 0 Å². The molecule has 122 valence electrons. The van der Waals surface area contributed by atoms with Crippen LogP contribution in [0.2, 0.25) is 0 Å². The van der Waals surface area contributed by atoms with Crippen LogP contribution in [0.15, 0.2) is 51.7 Å². The number of likely N-dealkylation sites (tertiary alicyclic amines) is 1. The minimum atomic E-state index is 0.151. The fraction of sp³-hybridized carbons (Fsp3) is 0.278. The molecule has 3 aromatic rings. The molecule has 1 saturated heterocycles. The molecular formula is C18H17N3O2S. The summed E-state index contributed by atoms with van der Waals surface area (Å²) in [4.78, 5) is 18.8. The molecule has 0 N–H and O–H groups in total. The van der Waals surface area contributed by atoms with Gasteiger partial charge in [0, 0.05) is 24.6 Å². The molecule has 2 aromatic heterocycles. The standard InChI is InChI=1S/C18H17N3O2S/c22-16(10-13-7-9-24-12-13)21-8-6-15(11-21)17-19-18(23-20-17)14-4-2-1-3-5-14/h1-5,7,9,12,15H,6,8,10-11H2/t15-/m1/s1. The van der Waals surface area contributed by atoms with Gasteiger partial charge < -0.3 is 9.42 Å². The molecule has 4 rings (SSSR count). The first kappa shape index (κ1) is 15.1.